The highest BCUT2D eigenvalue weighted by molar-refractivity contribution is 7.99. The molecule has 0 aliphatic heterocycles. The fraction of sp³-hybridized carbons (Fsp3) is 0.300. The van der Waals surface area contributed by atoms with Crippen LogP contribution in [0.15, 0.2) is 24.3 Å². The van der Waals surface area contributed by atoms with Gasteiger partial charge in [0.25, 0.3) is 0 Å². The monoisotopic (exact) mass is 213 g/mol. The number of hydrogen-bond donors (Lipinski definition) is 1. The summed E-state index contributed by atoms with van der Waals surface area (Å²) >= 11 is 1.51. The van der Waals surface area contributed by atoms with Crippen molar-refractivity contribution in [1.29, 1.82) is 0 Å². The fourth-order valence-electron chi connectivity index (χ4n) is 0.944. The normalized spacial score (nSPS) is 9.86. The second-order valence-corrected chi connectivity index (χ2v) is 3.94. The van der Waals surface area contributed by atoms with Crippen LogP contribution in [0.5, 0.6) is 0 Å². The van der Waals surface area contributed by atoms with Crippen LogP contribution < -0.4 is 5.32 Å². The molecule has 1 aromatic rings. The number of anilines is 1. The molecule has 14 heavy (non-hydrogen) atoms. The minimum absolute atomic E-state index is 0.165. The molecule has 0 aliphatic carbocycles. The molecule has 0 unspecified atom stereocenters. The summed E-state index contributed by atoms with van der Waals surface area (Å²) in [6.07, 6.45) is 0. The molecule has 76 valence electrons. The van der Waals surface area contributed by atoms with E-state index in [9.17, 15) is 9.18 Å². The van der Waals surface area contributed by atoms with E-state index in [1.54, 1.807) is 18.2 Å². The number of rotatable bonds is 4. The molecule has 0 atom stereocenters. The van der Waals surface area contributed by atoms with E-state index in [1.165, 1.54) is 17.8 Å². The summed E-state index contributed by atoms with van der Waals surface area (Å²) in [4.78, 5) is 11.2. The van der Waals surface area contributed by atoms with Crippen LogP contribution in [0.1, 0.15) is 6.92 Å². The maximum atomic E-state index is 13.1. The van der Waals surface area contributed by atoms with Gasteiger partial charge in [0, 0.05) is 0 Å². The number of nitrogens with one attached hydrogen (secondary N) is 1. The summed E-state index contributed by atoms with van der Waals surface area (Å²) in [6, 6.07) is 6.14. The maximum Gasteiger partial charge on any atom is 0.234 e. The Labute approximate surface area is 86.9 Å². The Morgan fingerprint density at radius 1 is 1.50 bits per heavy atom. The molecule has 1 amide bonds. The Balaban J connectivity index is 2.52. The first-order valence-electron chi connectivity index (χ1n) is 4.36. The summed E-state index contributed by atoms with van der Waals surface area (Å²) in [5, 5.41) is 2.51. The Morgan fingerprint density at radius 3 is 2.86 bits per heavy atom. The average molecular weight is 213 g/mol. The van der Waals surface area contributed by atoms with Crippen LogP contribution in [0, 0.1) is 5.82 Å². The second kappa shape index (κ2) is 5.65. The number of para-hydroxylation sites is 1. The predicted octanol–water partition coefficient (Wildman–Crippen LogP) is 2.52. The van der Waals surface area contributed by atoms with Crippen LogP contribution in [0.3, 0.4) is 0 Å². The summed E-state index contributed by atoms with van der Waals surface area (Å²) < 4.78 is 13.1. The molecule has 0 radical (unpaired) electrons. The standard InChI is InChI=1S/C10H12FNOS/c1-2-14-7-10(13)12-9-6-4-3-5-8(9)11/h3-6H,2,7H2,1H3,(H,12,13). The molecule has 0 saturated heterocycles. The predicted molar refractivity (Wildman–Crippen MR) is 58.0 cm³/mol. The van der Waals surface area contributed by atoms with Crippen LogP contribution in [0.25, 0.3) is 0 Å². The van der Waals surface area contributed by atoms with Gasteiger partial charge in [-0.05, 0) is 17.9 Å². The van der Waals surface area contributed by atoms with Gasteiger partial charge in [0.05, 0.1) is 11.4 Å². The van der Waals surface area contributed by atoms with E-state index >= 15 is 0 Å². The number of carbonyl (C=O) groups is 1. The third kappa shape index (κ3) is 3.38. The van der Waals surface area contributed by atoms with E-state index in [4.69, 9.17) is 0 Å². The van der Waals surface area contributed by atoms with Crippen LogP contribution in [-0.2, 0) is 4.79 Å². The van der Waals surface area contributed by atoms with Crippen molar-refractivity contribution in [1.82, 2.24) is 0 Å². The summed E-state index contributed by atoms with van der Waals surface area (Å²) in [6.45, 7) is 1.97. The third-order valence-corrected chi connectivity index (χ3v) is 2.46. The van der Waals surface area contributed by atoms with Gasteiger partial charge < -0.3 is 5.32 Å². The number of thioether (sulfide) groups is 1. The van der Waals surface area contributed by atoms with Gasteiger partial charge in [-0.2, -0.15) is 11.8 Å². The number of hydrogen-bond acceptors (Lipinski definition) is 2. The minimum atomic E-state index is -0.401. The quantitative estimate of drug-likeness (QED) is 0.832. The molecule has 2 nitrogen and oxygen atoms in total. The van der Waals surface area contributed by atoms with E-state index in [0.29, 0.717) is 5.75 Å². The molecule has 0 bridgehead atoms. The van der Waals surface area contributed by atoms with Gasteiger partial charge in [-0.3, -0.25) is 4.79 Å². The fourth-order valence-corrected chi connectivity index (χ4v) is 1.41. The number of halogens is 1. The largest absolute Gasteiger partial charge is 0.323 e. The van der Waals surface area contributed by atoms with E-state index in [1.807, 2.05) is 6.92 Å². The van der Waals surface area contributed by atoms with Crippen molar-refractivity contribution in [3.05, 3.63) is 30.1 Å². The van der Waals surface area contributed by atoms with E-state index in [2.05, 4.69) is 5.32 Å². The molecule has 0 aromatic heterocycles. The topological polar surface area (TPSA) is 29.1 Å². The first-order valence-corrected chi connectivity index (χ1v) is 5.51. The maximum absolute atomic E-state index is 13.1. The number of amides is 1. The van der Waals surface area contributed by atoms with Crippen molar-refractivity contribution >= 4 is 23.4 Å². The van der Waals surface area contributed by atoms with E-state index in [-0.39, 0.29) is 11.6 Å². The Kier molecular flexibility index (Phi) is 4.46. The molecule has 1 N–H and O–H groups in total. The molecular weight excluding hydrogens is 201 g/mol. The Morgan fingerprint density at radius 2 is 2.21 bits per heavy atom. The zero-order valence-corrected chi connectivity index (χ0v) is 8.73. The summed E-state index contributed by atoms with van der Waals surface area (Å²) in [5.41, 5.74) is 0.245. The highest BCUT2D eigenvalue weighted by Gasteiger charge is 2.04. The number of carbonyl (C=O) groups excluding carboxylic acids is 1. The van der Waals surface area contributed by atoms with Crippen LogP contribution in [-0.4, -0.2) is 17.4 Å². The lowest BCUT2D eigenvalue weighted by Crippen LogP contribution is -2.15. The van der Waals surface area contributed by atoms with Crippen molar-refractivity contribution in [3.8, 4) is 0 Å². The van der Waals surface area contributed by atoms with Gasteiger partial charge in [-0.1, -0.05) is 19.1 Å². The molecule has 0 fully saturated rings. The lowest BCUT2D eigenvalue weighted by Gasteiger charge is -2.04. The van der Waals surface area contributed by atoms with Crippen molar-refractivity contribution < 1.29 is 9.18 Å². The third-order valence-electron chi connectivity index (χ3n) is 1.59. The molecule has 0 saturated carbocycles. The molecular formula is C10H12FNOS. The zero-order chi connectivity index (χ0) is 10.4. The van der Waals surface area contributed by atoms with Crippen molar-refractivity contribution in [3.63, 3.8) is 0 Å². The van der Waals surface area contributed by atoms with Gasteiger partial charge in [0.2, 0.25) is 5.91 Å². The highest BCUT2D eigenvalue weighted by Crippen LogP contribution is 2.12. The van der Waals surface area contributed by atoms with Crippen molar-refractivity contribution in [2.24, 2.45) is 0 Å². The second-order valence-electron chi connectivity index (χ2n) is 2.67. The van der Waals surface area contributed by atoms with E-state index < -0.39 is 5.82 Å². The Hall–Kier alpha value is -1.03. The van der Waals surface area contributed by atoms with Gasteiger partial charge in [-0.15, -0.1) is 0 Å². The minimum Gasteiger partial charge on any atom is -0.323 e. The first kappa shape index (κ1) is 11.0. The lowest BCUT2D eigenvalue weighted by atomic mass is 10.3. The average Bonchev–Trinajstić information content (AvgIpc) is 2.18. The zero-order valence-electron chi connectivity index (χ0n) is 7.92. The van der Waals surface area contributed by atoms with Crippen molar-refractivity contribution in [2.45, 2.75) is 6.92 Å². The molecule has 0 spiro atoms. The number of benzene rings is 1. The van der Waals surface area contributed by atoms with Gasteiger partial charge in [-0.25, -0.2) is 4.39 Å². The van der Waals surface area contributed by atoms with Crippen molar-refractivity contribution in [2.75, 3.05) is 16.8 Å². The SMILES string of the molecule is CCSCC(=O)Nc1ccccc1F. The highest BCUT2D eigenvalue weighted by atomic mass is 32.2. The van der Waals surface area contributed by atoms with Crippen LogP contribution in [0.2, 0.25) is 0 Å². The summed E-state index contributed by atoms with van der Waals surface area (Å²) in [5.74, 6) is 0.680. The molecule has 0 heterocycles. The van der Waals surface area contributed by atoms with Gasteiger partial charge >= 0.3 is 0 Å². The first-order chi connectivity index (χ1) is 6.74. The smallest absolute Gasteiger partial charge is 0.234 e. The van der Waals surface area contributed by atoms with Gasteiger partial charge in [0.15, 0.2) is 0 Å². The van der Waals surface area contributed by atoms with Gasteiger partial charge in [0.1, 0.15) is 5.82 Å². The molecule has 0 aliphatic rings. The molecule has 1 aromatic carbocycles. The summed E-state index contributed by atoms with van der Waals surface area (Å²) in [7, 11) is 0. The molecule has 4 heteroatoms. The van der Waals surface area contributed by atoms with E-state index in [0.717, 1.165) is 5.75 Å². The molecule has 1 rings (SSSR count). The van der Waals surface area contributed by atoms with Crippen LogP contribution >= 0.6 is 11.8 Å². The lowest BCUT2D eigenvalue weighted by molar-refractivity contribution is -0.113. The van der Waals surface area contributed by atoms with Crippen LogP contribution in [0.4, 0.5) is 10.1 Å². The Bertz CT molecular complexity index is 317.